The topological polar surface area (TPSA) is 54.7 Å². The van der Waals surface area contributed by atoms with Crippen molar-refractivity contribution < 1.29 is 13.9 Å². The lowest BCUT2D eigenvalue weighted by Gasteiger charge is -2.23. The Bertz CT molecular complexity index is 450. The molecule has 1 aliphatic rings. The number of ether oxygens (including phenoxy) is 1. The first-order chi connectivity index (χ1) is 9.61. The molecule has 1 atom stereocenters. The lowest BCUT2D eigenvalue weighted by molar-refractivity contribution is 0.0599. The molecule has 1 unspecified atom stereocenters. The van der Waals surface area contributed by atoms with E-state index in [1.165, 1.54) is 33.0 Å². The van der Waals surface area contributed by atoms with Crippen LogP contribution in [0.25, 0.3) is 0 Å². The summed E-state index contributed by atoms with van der Waals surface area (Å²) >= 11 is 0. The number of hydrogen-bond acceptors (Lipinski definition) is 5. The molecule has 1 aromatic heterocycles. The number of esters is 1. The van der Waals surface area contributed by atoms with Crippen molar-refractivity contribution in [3.05, 3.63) is 23.2 Å². The average molecular weight is 280 g/mol. The highest BCUT2D eigenvalue weighted by atomic mass is 16.5. The van der Waals surface area contributed by atoms with E-state index in [0.29, 0.717) is 23.9 Å². The molecule has 0 saturated carbocycles. The number of aryl methyl sites for hydroxylation is 1. The molecule has 0 spiro atoms. The van der Waals surface area contributed by atoms with Crippen LogP contribution in [0.5, 0.6) is 0 Å². The van der Waals surface area contributed by atoms with Crippen LogP contribution in [-0.2, 0) is 11.3 Å². The number of hydrogen-bond donors (Lipinski definition) is 1. The second-order valence-electron chi connectivity index (χ2n) is 5.40. The van der Waals surface area contributed by atoms with Gasteiger partial charge in [0.1, 0.15) is 17.1 Å². The molecular weight excluding hydrogens is 256 g/mol. The van der Waals surface area contributed by atoms with Crippen molar-refractivity contribution in [3.8, 4) is 0 Å². The predicted molar refractivity (Wildman–Crippen MR) is 76.8 cm³/mol. The van der Waals surface area contributed by atoms with Crippen molar-refractivity contribution in [3.63, 3.8) is 0 Å². The number of methoxy groups -OCH3 is 1. The van der Waals surface area contributed by atoms with Gasteiger partial charge < -0.3 is 14.5 Å². The maximum Gasteiger partial charge on any atom is 0.341 e. The van der Waals surface area contributed by atoms with Gasteiger partial charge in [0, 0.05) is 12.6 Å². The molecule has 1 aliphatic heterocycles. The standard InChI is InChI=1S/C15H24N2O3/c1-11(17-6-4-5-7-17)9-16-10-13-8-14(12(2)20-13)15(18)19-3/h8,11,16H,4-7,9-10H2,1-3H3. The van der Waals surface area contributed by atoms with Crippen molar-refractivity contribution in [2.24, 2.45) is 0 Å². The van der Waals surface area contributed by atoms with E-state index in [4.69, 9.17) is 9.15 Å². The summed E-state index contributed by atoms with van der Waals surface area (Å²) in [5.41, 5.74) is 0.511. The van der Waals surface area contributed by atoms with Crippen LogP contribution in [-0.4, -0.2) is 43.7 Å². The first-order valence-electron chi connectivity index (χ1n) is 7.24. The lowest BCUT2D eigenvalue weighted by Crippen LogP contribution is -2.38. The van der Waals surface area contributed by atoms with Gasteiger partial charge in [0.05, 0.1) is 13.7 Å². The predicted octanol–water partition coefficient (Wildman–Crippen LogP) is 1.95. The van der Waals surface area contributed by atoms with Gasteiger partial charge in [-0.1, -0.05) is 0 Å². The van der Waals surface area contributed by atoms with E-state index >= 15 is 0 Å². The number of nitrogens with one attached hydrogen (secondary N) is 1. The highest BCUT2D eigenvalue weighted by Gasteiger charge is 2.18. The Hall–Kier alpha value is -1.33. The Balaban J connectivity index is 1.80. The second kappa shape index (κ2) is 6.90. The summed E-state index contributed by atoms with van der Waals surface area (Å²) in [7, 11) is 1.38. The lowest BCUT2D eigenvalue weighted by atomic mass is 10.2. The van der Waals surface area contributed by atoms with Crippen molar-refractivity contribution in [1.29, 1.82) is 0 Å². The largest absolute Gasteiger partial charge is 0.465 e. The van der Waals surface area contributed by atoms with E-state index < -0.39 is 0 Å². The van der Waals surface area contributed by atoms with Gasteiger partial charge in [-0.05, 0) is 45.8 Å². The van der Waals surface area contributed by atoms with Gasteiger partial charge in [-0.2, -0.15) is 0 Å². The molecule has 0 aromatic carbocycles. The molecule has 1 saturated heterocycles. The molecular formula is C15H24N2O3. The van der Waals surface area contributed by atoms with Crippen LogP contribution >= 0.6 is 0 Å². The average Bonchev–Trinajstić information content (AvgIpc) is 3.07. The van der Waals surface area contributed by atoms with Gasteiger partial charge in [-0.25, -0.2) is 4.79 Å². The van der Waals surface area contributed by atoms with Crippen molar-refractivity contribution in [2.45, 2.75) is 39.3 Å². The van der Waals surface area contributed by atoms with Crippen molar-refractivity contribution in [2.75, 3.05) is 26.7 Å². The number of likely N-dealkylation sites (tertiary alicyclic amines) is 1. The van der Waals surface area contributed by atoms with Crippen LogP contribution in [0.1, 0.15) is 41.6 Å². The molecule has 0 bridgehead atoms. The molecule has 5 nitrogen and oxygen atoms in total. The monoisotopic (exact) mass is 280 g/mol. The molecule has 5 heteroatoms. The minimum Gasteiger partial charge on any atom is -0.465 e. The molecule has 0 aliphatic carbocycles. The zero-order chi connectivity index (χ0) is 14.5. The van der Waals surface area contributed by atoms with E-state index in [0.717, 1.165) is 12.3 Å². The van der Waals surface area contributed by atoms with Gasteiger partial charge in [-0.3, -0.25) is 4.90 Å². The smallest absolute Gasteiger partial charge is 0.341 e. The Morgan fingerprint density at radius 2 is 2.20 bits per heavy atom. The number of carbonyl (C=O) groups excluding carboxylic acids is 1. The summed E-state index contributed by atoms with van der Waals surface area (Å²) in [5.74, 6) is 1.04. The summed E-state index contributed by atoms with van der Waals surface area (Å²) in [4.78, 5) is 14.0. The Kier molecular flexibility index (Phi) is 5.20. The third-order valence-electron chi connectivity index (χ3n) is 3.88. The zero-order valence-electron chi connectivity index (χ0n) is 12.6. The molecule has 1 fully saturated rings. The van der Waals surface area contributed by atoms with E-state index in [2.05, 4.69) is 17.1 Å². The van der Waals surface area contributed by atoms with Gasteiger partial charge >= 0.3 is 5.97 Å². The fraction of sp³-hybridized carbons (Fsp3) is 0.667. The van der Waals surface area contributed by atoms with Crippen LogP contribution in [0.3, 0.4) is 0 Å². The molecule has 2 rings (SSSR count). The summed E-state index contributed by atoms with van der Waals surface area (Å²) in [5, 5.41) is 3.39. The van der Waals surface area contributed by atoms with E-state index in [9.17, 15) is 4.79 Å². The van der Waals surface area contributed by atoms with Crippen LogP contribution in [0, 0.1) is 6.92 Å². The maximum absolute atomic E-state index is 11.5. The van der Waals surface area contributed by atoms with Gasteiger partial charge in [0.2, 0.25) is 0 Å². The van der Waals surface area contributed by atoms with Crippen molar-refractivity contribution >= 4 is 5.97 Å². The Labute approximate surface area is 120 Å². The highest BCUT2D eigenvalue weighted by Crippen LogP contribution is 2.16. The van der Waals surface area contributed by atoms with E-state index in [1.807, 2.05) is 0 Å². The minimum absolute atomic E-state index is 0.345. The first kappa shape index (κ1) is 15.1. The molecule has 2 heterocycles. The Morgan fingerprint density at radius 1 is 1.50 bits per heavy atom. The summed E-state index contributed by atoms with van der Waals surface area (Å²) in [6.07, 6.45) is 2.62. The van der Waals surface area contributed by atoms with Gasteiger partial charge in [-0.15, -0.1) is 0 Å². The second-order valence-corrected chi connectivity index (χ2v) is 5.40. The van der Waals surface area contributed by atoms with Crippen molar-refractivity contribution in [1.82, 2.24) is 10.2 Å². The minimum atomic E-state index is -0.345. The van der Waals surface area contributed by atoms with Gasteiger partial charge in [0.25, 0.3) is 0 Å². The number of rotatable bonds is 6. The summed E-state index contributed by atoms with van der Waals surface area (Å²) in [6.45, 7) is 7.99. The number of carbonyl (C=O) groups is 1. The van der Waals surface area contributed by atoms with Crippen LogP contribution in [0.4, 0.5) is 0 Å². The zero-order valence-corrected chi connectivity index (χ0v) is 12.6. The number of furan rings is 1. The molecule has 0 radical (unpaired) electrons. The molecule has 20 heavy (non-hydrogen) atoms. The van der Waals surface area contributed by atoms with E-state index in [-0.39, 0.29) is 5.97 Å². The number of nitrogens with zero attached hydrogens (tertiary/aromatic N) is 1. The normalized spacial score (nSPS) is 17.4. The van der Waals surface area contributed by atoms with E-state index in [1.54, 1.807) is 13.0 Å². The molecule has 112 valence electrons. The third-order valence-corrected chi connectivity index (χ3v) is 3.88. The fourth-order valence-electron chi connectivity index (χ4n) is 2.66. The Morgan fingerprint density at radius 3 is 2.85 bits per heavy atom. The quantitative estimate of drug-likeness (QED) is 0.807. The summed E-state index contributed by atoms with van der Waals surface area (Å²) < 4.78 is 10.3. The van der Waals surface area contributed by atoms with Crippen LogP contribution < -0.4 is 5.32 Å². The molecule has 0 amide bonds. The SMILES string of the molecule is COC(=O)c1cc(CNCC(C)N2CCCC2)oc1C. The van der Waals surface area contributed by atoms with Crippen LogP contribution in [0.2, 0.25) is 0 Å². The van der Waals surface area contributed by atoms with Crippen LogP contribution in [0.15, 0.2) is 10.5 Å². The summed E-state index contributed by atoms with van der Waals surface area (Å²) in [6, 6.07) is 2.29. The van der Waals surface area contributed by atoms with Gasteiger partial charge in [0.15, 0.2) is 0 Å². The fourth-order valence-corrected chi connectivity index (χ4v) is 2.66. The first-order valence-corrected chi connectivity index (χ1v) is 7.24. The molecule has 1 aromatic rings. The third kappa shape index (κ3) is 3.61. The highest BCUT2D eigenvalue weighted by molar-refractivity contribution is 5.90. The molecule has 1 N–H and O–H groups in total. The maximum atomic E-state index is 11.5.